The molecule has 104 valence electrons. The van der Waals surface area contributed by atoms with Crippen LogP contribution in [0.2, 0.25) is 5.02 Å². The summed E-state index contributed by atoms with van der Waals surface area (Å²) >= 11 is 5.51. The molecule has 0 heterocycles. The summed E-state index contributed by atoms with van der Waals surface area (Å²) in [5, 5.41) is 19.4. The van der Waals surface area contributed by atoms with Gasteiger partial charge in [-0.05, 0) is 13.8 Å². The van der Waals surface area contributed by atoms with Crippen LogP contribution >= 0.6 is 11.6 Å². The molecule has 0 unspecified atom stereocenters. The van der Waals surface area contributed by atoms with Crippen LogP contribution in [0.4, 0.5) is 15.8 Å². The number of anilines is 1. The lowest BCUT2D eigenvalue weighted by Crippen LogP contribution is -2.36. The highest BCUT2D eigenvalue weighted by Gasteiger charge is 2.25. The fourth-order valence-electron chi connectivity index (χ4n) is 1.59. The molecule has 0 atom stereocenters. The number of nitrogens with zero attached hydrogens (tertiary/aromatic N) is 2. The molecular weight excluding hydrogens is 279 g/mol. The summed E-state index contributed by atoms with van der Waals surface area (Å²) in [5.41, 5.74) is -0.536. The van der Waals surface area contributed by atoms with E-state index >= 15 is 0 Å². The van der Waals surface area contributed by atoms with E-state index in [1.807, 2.05) is 0 Å². The number of nitro benzene ring substituents is 1. The van der Waals surface area contributed by atoms with Crippen molar-refractivity contribution < 1.29 is 19.2 Å². The zero-order chi connectivity index (χ0) is 14.7. The smallest absolute Gasteiger partial charge is 0.323 e. The Labute approximate surface area is 113 Å². The van der Waals surface area contributed by atoms with E-state index in [1.54, 1.807) is 13.8 Å². The van der Waals surface area contributed by atoms with Gasteiger partial charge in [-0.3, -0.25) is 14.9 Å². The van der Waals surface area contributed by atoms with Crippen LogP contribution in [0.3, 0.4) is 0 Å². The van der Waals surface area contributed by atoms with Crippen molar-refractivity contribution >= 4 is 28.9 Å². The normalized spacial score (nSPS) is 10.6. The number of nitro groups is 1. The van der Waals surface area contributed by atoms with Crippen LogP contribution < -0.4 is 4.90 Å². The van der Waals surface area contributed by atoms with E-state index in [9.17, 15) is 19.3 Å². The Morgan fingerprint density at radius 2 is 2.16 bits per heavy atom. The van der Waals surface area contributed by atoms with Crippen molar-refractivity contribution in [1.29, 1.82) is 0 Å². The highest BCUT2D eigenvalue weighted by molar-refractivity contribution is 6.31. The van der Waals surface area contributed by atoms with Gasteiger partial charge in [0.05, 0.1) is 9.95 Å². The molecule has 0 aliphatic heterocycles. The number of rotatable bonds is 5. The molecule has 1 aromatic rings. The number of halogens is 2. The Hall–Kier alpha value is -1.89. The summed E-state index contributed by atoms with van der Waals surface area (Å²) in [4.78, 5) is 22.2. The van der Waals surface area contributed by atoms with Crippen molar-refractivity contribution in [2.24, 2.45) is 0 Å². The second kappa shape index (κ2) is 5.83. The summed E-state index contributed by atoms with van der Waals surface area (Å²) in [5.74, 6) is -2.00. The molecule has 1 aromatic carbocycles. The average molecular weight is 291 g/mol. The molecule has 19 heavy (non-hydrogen) atoms. The van der Waals surface area contributed by atoms with E-state index in [0.717, 1.165) is 12.1 Å². The number of carboxylic acid groups (broad SMARTS) is 1. The van der Waals surface area contributed by atoms with Crippen molar-refractivity contribution in [3.05, 3.63) is 33.1 Å². The van der Waals surface area contributed by atoms with Gasteiger partial charge in [-0.2, -0.15) is 0 Å². The molecule has 1 rings (SSSR count). The third kappa shape index (κ3) is 3.54. The highest BCUT2D eigenvalue weighted by Crippen LogP contribution is 2.34. The fraction of sp³-hybridized carbons (Fsp3) is 0.364. The molecule has 0 aliphatic carbocycles. The molecule has 0 radical (unpaired) electrons. The van der Waals surface area contributed by atoms with Gasteiger partial charge < -0.3 is 10.0 Å². The molecule has 8 heteroatoms. The summed E-state index contributed by atoms with van der Waals surface area (Å²) < 4.78 is 13.5. The largest absolute Gasteiger partial charge is 0.480 e. The maximum Gasteiger partial charge on any atom is 0.323 e. The minimum absolute atomic E-state index is 0.107. The van der Waals surface area contributed by atoms with Crippen LogP contribution in [-0.4, -0.2) is 28.6 Å². The Balaban J connectivity index is 3.39. The first kappa shape index (κ1) is 15.2. The van der Waals surface area contributed by atoms with E-state index < -0.39 is 28.9 Å². The van der Waals surface area contributed by atoms with Gasteiger partial charge in [0.1, 0.15) is 18.0 Å². The maximum atomic E-state index is 13.5. The lowest BCUT2D eigenvalue weighted by molar-refractivity contribution is -0.384. The molecule has 0 spiro atoms. The standard InChI is InChI=1S/C11H12ClFN2O4/c1-6(2)14(5-11(16)17)9-4-8(13)7(12)3-10(9)15(18)19/h3-4,6H,5H2,1-2H3,(H,16,17). The molecule has 0 saturated carbocycles. The molecule has 1 N–H and O–H groups in total. The quantitative estimate of drug-likeness (QED) is 0.666. The second-order valence-electron chi connectivity index (χ2n) is 4.13. The first-order valence-electron chi connectivity index (χ1n) is 5.36. The molecule has 0 amide bonds. The van der Waals surface area contributed by atoms with Crippen molar-refractivity contribution in [3.8, 4) is 0 Å². The van der Waals surface area contributed by atoms with Gasteiger partial charge in [0.25, 0.3) is 5.69 Å². The SMILES string of the molecule is CC(C)N(CC(=O)O)c1cc(F)c(Cl)cc1[N+](=O)[O-]. The van der Waals surface area contributed by atoms with E-state index in [0.29, 0.717) is 0 Å². The third-order valence-electron chi connectivity index (χ3n) is 2.45. The lowest BCUT2D eigenvalue weighted by atomic mass is 10.2. The van der Waals surface area contributed by atoms with Crippen LogP contribution in [0.15, 0.2) is 12.1 Å². The van der Waals surface area contributed by atoms with Crippen LogP contribution in [0.5, 0.6) is 0 Å². The number of benzene rings is 1. The van der Waals surface area contributed by atoms with Gasteiger partial charge in [-0.25, -0.2) is 4.39 Å². The van der Waals surface area contributed by atoms with Crippen molar-refractivity contribution in [1.82, 2.24) is 0 Å². The lowest BCUT2D eigenvalue weighted by Gasteiger charge is -2.26. The second-order valence-corrected chi connectivity index (χ2v) is 4.53. The van der Waals surface area contributed by atoms with Gasteiger partial charge in [0.15, 0.2) is 0 Å². The van der Waals surface area contributed by atoms with Crippen LogP contribution in [0.1, 0.15) is 13.8 Å². The number of hydrogen-bond donors (Lipinski definition) is 1. The molecule has 0 bridgehead atoms. The Bertz CT molecular complexity index is 522. The minimum Gasteiger partial charge on any atom is -0.480 e. The zero-order valence-electron chi connectivity index (χ0n) is 10.3. The fourth-order valence-corrected chi connectivity index (χ4v) is 1.75. The van der Waals surface area contributed by atoms with Gasteiger partial charge in [-0.1, -0.05) is 11.6 Å². The number of aliphatic carboxylic acids is 1. The summed E-state index contributed by atoms with van der Waals surface area (Å²) in [7, 11) is 0. The molecular formula is C11H12ClFN2O4. The Morgan fingerprint density at radius 3 is 2.58 bits per heavy atom. The number of carboxylic acids is 1. The van der Waals surface area contributed by atoms with E-state index in [1.165, 1.54) is 4.90 Å². The van der Waals surface area contributed by atoms with E-state index in [-0.39, 0.29) is 16.8 Å². The predicted molar refractivity (Wildman–Crippen MR) is 68.2 cm³/mol. The minimum atomic E-state index is -1.17. The van der Waals surface area contributed by atoms with Gasteiger partial charge >= 0.3 is 5.97 Å². The van der Waals surface area contributed by atoms with Crippen LogP contribution in [-0.2, 0) is 4.79 Å². The zero-order valence-corrected chi connectivity index (χ0v) is 11.0. The van der Waals surface area contributed by atoms with E-state index in [4.69, 9.17) is 16.7 Å². The third-order valence-corrected chi connectivity index (χ3v) is 2.74. The summed E-state index contributed by atoms with van der Waals surface area (Å²) in [6.07, 6.45) is 0. The van der Waals surface area contributed by atoms with Gasteiger partial charge in [0.2, 0.25) is 0 Å². The molecule has 0 fully saturated rings. The van der Waals surface area contributed by atoms with E-state index in [2.05, 4.69) is 0 Å². The van der Waals surface area contributed by atoms with Crippen molar-refractivity contribution in [2.75, 3.05) is 11.4 Å². The molecule has 0 aliphatic rings. The number of hydrogen-bond acceptors (Lipinski definition) is 4. The highest BCUT2D eigenvalue weighted by atomic mass is 35.5. The van der Waals surface area contributed by atoms with Crippen molar-refractivity contribution in [3.63, 3.8) is 0 Å². The van der Waals surface area contributed by atoms with Gasteiger partial charge in [0, 0.05) is 18.2 Å². The summed E-state index contributed by atoms with van der Waals surface area (Å²) in [6, 6.07) is 1.41. The first-order chi connectivity index (χ1) is 8.73. The predicted octanol–water partition coefficient (Wildman–Crippen LogP) is 2.69. The van der Waals surface area contributed by atoms with Crippen molar-refractivity contribution in [2.45, 2.75) is 19.9 Å². The summed E-state index contributed by atoms with van der Waals surface area (Å²) in [6.45, 7) is 2.83. The van der Waals surface area contributed by atoms with Crippen LogP contribution in [0.25, 0.3) is 0 Å². The van der Waals surface area contributed by atoms with Gasteiger partial charge in [-0.15, -0.1) is 0 Å². The topological polar surface area (TPSA) is 83.7 Å². The molecule has 6 nitrogen and oxygen atoms in total. The molecule has 0 aromatic heterocycles. The maximum absolute atomic E-state index is 13.5. The monoisotopic (exact) mass is 290 g/mol. The average Bonchev–Trinajstić information content (AvgIpc) is 2.28. The molecule has 0 saturated heterocycles. The van der Waals surface area contributed by atoms with Crippen LogP contribution in [0, 0.1) is 15.9 Å². The number of carbonyl (C=O) groups is 1. The first-order valence-corrected chi connectivity index (χ1v) is 5.73. The Morgan fingerprint density at radius 1 is 1.58 bits per heavy atom. The Kier molecular flexibility index (Phi) is 4.66.